The summed E-state index contributed by atoms with van der Waals surface area (Å²) in [6.07, 6.45) is 8.20. The second-order valence-corrected chi connectivity index (χ2v) is 3.59. The van der Waals surface area contributed by atoms with Crippen molar-refractivity contribution in [2.45, 2.75) is 51.5 Å². The summed E-state index contributed by atoms with van der Waals surface area (Å²) in [5, 5.41) is 0. The Morgan fingerprint density at radius 2 is 2.00 bits per heavy atom. The number of hydrogen-bond acceptors (Lipinski definition) is 1. The van der Waals surface area contributed by atoms with Crippen LogP contribution >= 0.6 is 0 Å². The molecular formula is C9H19N. The molecule has 0 unspecified atom stereocenters. The van der Waals surface area contributed by atoms with Crippen LogP contribution in [0.1, 0.15) is 45.4 Å². The average molecular weight is 141 g/mol. The van der Waals surface area contributed by atoms with Crippen LogP contribution in [0.2, 0.25) is 0 Å². The van der Waals surface area contributed by atoms with Gasteiger partial charge in [0.1, 0.15) is 0 Å². The van der Waals surface area contributed by atoms with E-state index in [-0.39, 0.29) is 0 Å². The molecule has 0 atom stereocenters. The van der Waals surface area contributed by atoms with Crippen LogP contribution < -0.4 is 5.73 Å². The third kappa shape index (κ3) is 2.30. The van der Waals surface area contributed by atoms with Crippen molar-refractivity contribution in [2.24, 2.45) is 11.7 Å². The smallest absolute Gasteiger partial charge is 0.00441 e. The Hall–Kier alpha value is -0.0400. The monoisotopic (exact) mass is 141 g/mol. The summed E-state index contributed by atoms with van der Waals surface area (Å²) in [5.74, 6) is 0.988. The highest BCUT2D eigenvalue weighted by atomic mass is 14.7. The lowest BCUT2D eigenvalue weighted by atomic mass is 9.78. The minimum atomic E-state index is 0.548. The van der Waals surface area contributed by atoms with Gasteiger partial charge in [0.25, 0.3) is 0 Å². The van der Waals surface area contributed by atoms with Gasteiger partial charge >= 0.3 is 0 Å². The second-order valence-electron chi connectivity index (χ2n) is 3.59. The van der Waals surface area contributed by atoms with Crippen LogP contribution in [-0.2, 0) is 0 Å². The van der Waals surface area contributed by atoms with Crippen molar-refractivity contribution in [3.05, 3.63) is 0 Å². The van der Waals surface area contributed by atoms with Gasteiger partial charge in [-0.25, -0.2) is 0 Å². The van der Waals surface area contributed by atoms with Crippen LogP contribution in [0, 0.1) is 5.92 Å². The van der Waals surface area contributed by atoms with E-state index in [1.807, 2.05) is 0 Å². The summed E-state index contributed by atoms with van der Waals surface area (Å²) in [6, 6.07) is 0.548. The fourth-order valence-corrected chi connectivity index (χ4v) is 1.71. The van der Waals surface area contributed by atoms with Gasteiger partial charge in [0.15, 0.2) is 0 Å². The first kappa shape index (κ1) is 8.06. The summed E-state index contributed by atoms with van der Waals surface area (Å²) in [6.45, 7) is 2.26. The molecule has 1 rings (SSSR count). The van der Waals surface area contributed by atoms with Gasteiger partial charge in [-0.05, 0) is 18.8 Å². The molecular weight excluding hydrogens is 122 g/mol. The highest BCUT2D eigenvalue weighted by Gasteiger charge is 2.24. The lowest BCUT2D eigenvalue weighted by molar-refractivity contribution is 0.243. The average Bonchev–Trinajstić information content (AvgIpc) is 1.85. The van der Waals surface area contributed by atoms with Crippen LogP contribution in [0.3, 0.4) is 0 Å². The summed E-state index contributed by atoms with van der Waals surface area (Å²) in [7, 11) is 0. The summed E-state index contributed by atoms with van der Waals surface area (Å²) < 4.78 is 0. The molecule has 0 bridgehead atoms. The van der Waals surface area contributed by atoms with Gasteiger partial charge in [0, 0.05) is 6.04 Å². The van der Waals surface area contributed by atoms with E-state index in [0.717, 1.165) is 5.92 Å². The van der Waals surface area contributed by atoms with Crippen molar-refractivity contribution in [2.75, 3.05) is 0 Å². The first-order valence-electron chi connectivity index (χ1n) is 4.58. The maximum atomic E-state index is 5.67. The molecule has 1 saturated carbocycles. The minimum absolute atomic E-state index is 0.548. The third-order valence-electron chi connectivity index (χ3n) is 2.49. The van der Waals surface area contributed by atoms with E-state index in [1.54, 1.807) is 0 Å². The maximum Gasteiger partial charge on any atom is 0.00441 e. The Kier molecular flexibility index (Phi) is 3.20. The predicted molar refractivity (Wildman–Crippen MR) is 44.8 cm³/mol. The van der Waals surface area contributed by atoms with E-state index in [9.17, 15) is 0 Å². The SMILES string of the molecule is CCCCCC1CC(N)C1. The lowest BCUT2D eigenvalue weighted by Gasteiger charge is -2.32. The second kappa shape index (κ2) is 3.97. The van der Waals surface area contributed by atoms with Gasteiger partial charge in [0.05, 0.1) is 0 Å². The van der Waals surface area contributed by atoms with Crippen molar-refractivity contribution < 1.29 is 0 Å². The zero-order valence-corrected chi connectivity index (χ0v) is 6.97. The predicted octanol–water partition coefficient (Wildman–Crippen LogP) is 2.30. The summed E-state index contributed by atoms with van der Waals surface area (Å²) in [5.41, 5.74) is 5.67. The number of nitrogens with two attached hydrogens (primary N) is 1. The summed E-state index contributed by atoms with van der Waals surface area (Å²) in [4.78, 5) is 0. The molecule has 0 heterocycles. The van der Waals surface area contributed by atoms with Gasteiger partial charge < -0.3 is 5.73 Å². The normalized spacial score (nSPS) is 31.8. The van der Waals surface area contributed by atoms with Gasteiger partial charge in [-0.2, -0.15) is 0 Å². The van der Waals surface area contributed by atoms with Crippen LogP contribution in [-0.4, -0.2) is 6.04 Å². The van der Waals surface area contributed by atoms with Crippen LogP contribution in [0.4, 0.5) is 0 Å². The van der Waals surface area contributed by atoms with Crippen molar-refractivity contribution >= 4 is 0 Å². The molecule has 1 nitrogen and oxygen atoms in total. The van der Waals surface area contributed by atoms with Crippen LogP contribution in [0.25, 0.3) is 0 Å². The maximum absolute atomic E-state index is 5.67. The molecule has 0 amide bonds. The Balaban J connectivity index is 1.86. The molecule has 10 heavy (non-hydrogen) atoms. The Morgan fingerprint density at radius 3 is 2.50 bits per heavy atom. The molecule has 1 fully saturated rings. The molecule has 0 saturated heterocycles. The molecule has 0 aromatic rings. The van der Waals surface area contributed by atoms with E-state index >= 15 is 0 Å². The van der Waals surface area contributed by atoms with Crippen molar-refractivity contribution in [3.63, 3.8) is 0 Å². The molecule has 0 aromatic carbocycles. The molecule has 2 N–H and O–H groups in total. The number of unbranched alkanes of at least 4 members (excludes halogenated alkanes) is 2. The fourth-order valence-electron chi connectivity index (χ4n) is 1.71. The highest BCUT2D eigenvalue weighted by molar-refractivity contribution is 4.81. The fraction of sp³-hybridized carbons (Fsp3) is 1.00. The van der Waals surface area contributed by atoms with Crippen molar-refractivity contribution in [1.29, 1.82) is 0 Å². The van der Waals surface area contributed by atoms with E-state index in [4.69, 9.17) is 5.73 Å². The first-order valence-corrected chi connectivity index (χ1v) is 4.58. The molecule has 0 aromatic heterocycles. The van der Waals surface area contributed by atoms with Crippen molar-refractivity contribution in [3.8, 4) is 0 Å². The van der Waals surface area contributed by atoms with Crippen LogP contribution in [0.5, 0.6) is 0 Å². The van der Waals surface area contributed by atoms with E-state index < -0.39 is 0 Å². The largest absolute Gasteiger partial charge is 0.328 e. The topological polar surface area (TPSA) is 26.0 Å². The molecule has 1 heteroatoms. The first-order chi connectivity index (χ1) is 4.83. The Labute approximate surface area is 64.0 Å². The van der Waals surface area contributed by atoms with E-state index in [2.05, 4.69) is 6.92 Å². The minimum Gasteiger partial charge on any atom is -0.328 e. The third-order valence-corrected chi connectivity index (χ3v) is 2.49. The van der Waals surface area contributed by atoms with Gasteiger partial charge in [-0.15, -0.1) is 0 Å². The Bertz CT molecular complexity index is 84.7. The Morgan fingerprint density at radius 1 is 1.30 bits per heavy atom. The molecule has 0 radical (unpaired) electrons. The van der Waals surface area contributed by atoms with E-state index in [0.29, 0.717) is 6.04 Å². The molecule has 60 valence electrons. The number of rotatable bonds is 4. The quantitative estimate of drug-likeness (QED) is 0.597. The summed E-state index contributed by atoms with van der Waals surface area (Å²) >= 11 is 0. The van der Waals surface area contributed by atoms with Gasteiger partial charge in [0.2, 0.25) is 0 Å². The van der Waals surface area contributed by atoms with Gasteiger partial charge in [-0.1, -0.05) is 32.6 Å². The van der Waals surface area contributed by atoms with Crippen LogP contribution in [0.15, 0.2) is 0 Å². The van der Waals surface area contributed by atoms with E-state index in [1.165, 1.54) is 38.5 Å². The molecule has 0 aliphatic heterocycles. The number of hydrogen-bond donors (Lipinski definition) is 1. The zero-order chi connectivity index (χ0) is 7.40. The molecule has 1 aliphatic carbocycles. The zero-order valence-electron chi connectivity index (χ0n) is 6.97. The molecule has 1 aliphatic rings. The standard InChI is InChI=1S/C9H19N/c1-2-3-4-5-8-6-9(10)7-8/h8-9H,2-7,10H2,1H3. The lowest BCUT2D eigenvalue weighted by Crippen LogP contribution is -2.36. The highest BCUT2D eigenvalue weighted by Crippen LogP contribution is 2.30. The van der Waals surface area contributed by atoms with Gasteiger partial charge in [-0.3, -0.25) is 0 Å². The molecule has 0 spiro atoms. The van der Waals surface area contributed by atoms with Crippen molar-refractivity contribution in [1.82, 2.24) is 0 Å².